The van der Waals surface area contributed by atoms with Gasteiger partial charge in [0.1, 0.15) is 0 Å². The van der Waals surface area contributed by atoms with E-state index < -0.39 is 3.79 Å². The molecule has 0 aromatic carbocycles. The quantitative estimate of drug-likeness (QED) is 0.384. The molecular weight excluding hydrogens is 166 g/mol. The minimum atomic E-state index is -1.40. The van der Waals surface area contributed by atoms with Gasteiger partial charge in [0.15, 0.2) is 0 Å². The van der Waals surface area contributed by atoms with Crippen molar-refractivity contribution in [3.63, 3.8) is 0 Å². The zero-order chi connectivity index (χ0) is 5.21. The standard InChI is InChI=1S/C2HCl4/c3-1-2(4,5)6/h1H/q-1. The highest BCUT2D eigenvalue weighted by Crippen LogP contribution is 2.30. The molecule has 0 N–H and O–H groups in total. The van der Waals surface area contributed by atoms with Crippen LogP contribution < -0.4 is 0 Å². The normalized spacial score (nSPS) is 12.0. The molecule has 0 radical (unpaired) electrons. The van der Waals surface area contributed by atoms with Crippen molar-refractivity contribution in [1.82, 2.24) is 0 Å². The predicted molar refractivity (Wildman–Crippen MR) is 30.4 cm³/mol. The third-order valence-electron chi connectivity index (χ3n) is 0.124. The van der Waals surface area contributed by atoms with Gasteiger partial charge < -0.3 is 11.6 Å². The molecule has 0 aliphatic heterocycles. The maximum atomic E-state index is 5.06. The molecule has 0 aromatic heterocycles. The molecule has 0 aliphatic rings. The van der Waals surface area contributed by atoms with Crippen LogP contribution in [0.3, 0.4) is 0 Å². The molecule has 0 aromatic rings. The maximum Gasteiger partial charge on any atom is 0.0853 e. The second-order valence-corrected chi connectivity index (χ2v) is 3.24. The average Bonchev–Trinajstić information content (AvgIpc) is 1.35. The second kappa shape index (κ2) is 2.46. The molecule has 0 unspecified atom stereocenters. The summed E-state index contributed by atoms with van der Waals surface area (Å²) in [4.78, 5) is 0. The first-order chi connectivity index (χ1) is 2.56. The Balaban J connectivity index is 3.17. The third kappa shape index (κ3) is 5.16. The zero-order valence-electron chi connectivity index (χ0n) is 2.59. The third-order valence-corrected chi connectivity index (χ3v) is 1.11. The fourth-order valence-corrected chi connectivity index (χ4v) is 0. The van der Waals surface area contributed by atoms with Crippen molar-refractivity contribution in [1.29, 1.82) is 0 Å². The number of hydrogen-bond acceptors (Lipinski definition) is 0. The molecule has 0 fully saturated rings. The van der Waals surface area contributed by atoms with Crippen molar-refractivity contribution in [2.75, 3.05) is 0 Å². The summed E-state index contributed by atoms with van der Waals surface area (Å²) >= 11 is 20.1. The minimum Gasteiger partial charge on any atom is -0.345 e. The Morgan fingerprint density at radius 3 is 1.33 bits per heavy atom. The Morgan fingerprint density at radius 2 is 1.33 bits per heavy atom. The van der Waals surface area contributed by atoms with Crippen LogP contribution in [0.2, 0.25) is 0 Å². The van der Waals surface area contributed by atoms with E-state index in [1.807, 2.05) is 0 Å². The monoisotopic (exact) mass is 165 g/mol. The van der Waals surface area contributed by atoms with Crippen LogP contribution in [0.1, 0.15) is 0 Å². The average molecular weight is 167 g/mol. The number of hydrogen-bond donors (Lipinski definition) is 0. The van der Waals surface area contributed by atoms with Crippen molar-refractivity contribution in [3.8, 4) is 0 Å². The highest BCUT2D eigenvalue weighted by molar-refractivity contribution is 6.71. The topological polar surface area (TPSA) is 0 Å². The van der Waals surface area contributed by atoms with E-state index in [-0.39, 0.29) is 0 Å². The molecule has 4 heteroatoms. The summed E-state index contributed by atoms with van der Waals surface area (Å²) in [7, 11) is 0. The maximum absolute atomic E-state index is 5.06. The smallest absolute Gasteiger partial charge is 0.0853 e. The van der Waals surface area contributed by atoms with Crippen molar-refractivity contribution in [2.24, 2.45) is 0 Å². The lowest BCUT2D eigenvalue weighted by atomic mass is 10.9. The molecule has 0 nitrogen and oxygen atoms in total. The van der Waals surface area contributed by atoms with Gasteiger partial charge in [-0.3, -0.25) is 0 Å². The van der Waals surface area contributed by atoms with Crippen molar-refractivity contribution in [2.45, 2.75) is 3.79 Å². The van der Waals surface area contributed by atoms with Crippen molar-refractivity contribution < 1.29 is 0 Å². The number of alkyl halides is 3. The summed E-state index contributed by atoms with van der Waals surface area (Å²) in [6.45, 7) is 0. The van der Waals surface area contributed by atoms with Crippen LogP contribution in [-0.2, 0) is 0 Å². The molecule has 0 heterocycles. The Bertz CT molecular complexity index is 35.3. The fraction of sp³-hybridized carbons (Fsp3) is 0.500. The summed E-state index contributed by atoms with van der Waals surface area (Å²) in [5.74, 6) is 0.956. The van der Waals surface area contributed by atoms with E-state index in [1.165, 1.54) is 0 Å². The first-order valence-corrected chi connectivity index (χ1v) is 2.64. The van der Waals surface area contributed by atoms with Crippen LogP contribution in [0.5, 0.6) is 0 Å². The van der Waals surface area contributed by atoms with E-state index in [4.69, 9.17) is 46.4 Å². The van der Waals surface area contributed by atoms with Gasteiger partial charge in [0.2, 0.25) is 0 Å². The summed E-state index contributed by atoms with van der Waals surface area (Å²) in [5.41, 5.74) is 0. The summed E-state index contributed by atoms with van der Waals surface area (Å²) in [5, 5.41) is 0. The van der Waals surface area contributed by atoms with Gasteiger partial charge in [-0.05, 0) is 0 Å². The van der Waals surface area contributed by atoms with Gasteiger partial charge in [0.25, 0.3) is 0 Å². The summed E-state index contributed by atoms with van der Waals surface area (Å²) in [6, 6.07) is 0. The molecule has 0 aliphatic carbocycles. The van der Waals surface area contributed by atoms with Gasteiger partial charge >= 0.3 is 0 Å². The van der Waals surface area contributed by atoms with Gasteiger partial charge in [-0.1, -0.05) is 0 Å². The van der Waals surface area contributed by atoms with Crippen LogP contribution in [-0.4, -0.2) is 3.79 Å². The second-order valence-electron chi connectivity index (χ2n) is 0.651. The fourth-order valence-electron chi connectivity index (χ4n) is 0. The van der Waals surface area contributed by atoms with Crippen LogP contribution in [0.25, 0.3) is 0 Å². The highest BCUT2D eigenvalue weighted by Gasteiger charge is 2.03. The molecule has 0 rings (SSSR count). The van der Waals surface area contributed by atoms with Gasteiger partial charge in [0.05, 0.1) is 3.79 Å². The van der Waals surface area contributed by atoms with E-state index >= 15 is 0 Å². The van der Waals surface area contributed by atoms with Gasteiger partial charge in [-0.2, -0.15) is 5.88 Å². The molecule has 0 atom stereocenters. The Labute approximate surface area is 56.3 Å². The van der Waals surface area contributed by atoms with E-state index in [2.05, 4.69) is 0 Å². The molecule has 0 amide bonds. The van der Waals surface area contributed by atoms with Crippen molar-refractivity contribution in [3.05, 3.63) is 5.88 Å². The molecular formula is C2HCl4-. The molecule has 38 valence electrons. The van der Waals surface area contributed by atoms with Crippen LogP contribution in [0.4, 0.5) is 0 Å². The molecule has 0 bridgehead atoms. The largest absolute Gasteiger partial charge is 0.345 e. The van der Waals surface area contributed by atoms with E-state index in [9.17, 15) is 0 Å². The zero-order valence-corrected chi connectivity index (χ0v) is 5.61. The summed E-state index contributed by atoms with van der Waals surface area (Å²) in [6.07, 6.45) is 0. The van der Waals surface area contributed by atoms with Crippen LogP contribution in [0.15, 0.2) is 0 Å². The van der Waals surface area contributed by atoms with Crippen molar-refractivity contribution >= 4 is 46.4 Å². The lowest BCUT2D eigenvalue weighted by Gasteiger charge is -2.13. The van der Waals surface area contributed by atoms with E-state index in [0.29, 0.717) is 0 Å². The van der Waals surface area contributed by atoms with E-state index in [1.54, 1.807) is 0 Å². The van der Waals surface area contributed by atoms with Gasteiger partial charge in [-0.15, -0.1) is 34.8 Å². The minimum absolute atomic E-state index is 0.956. The molecule has 0 saturated heterocycles. The van der Waals surface area contributed by atoms with Gasteiger partial charge in [-0.25, -0.2) is 0 Å². The first kappa shape index (κ1) is 7.16. The lowest BCUT2D eigenvalue weighted by molar-refractivity contribution is 1.43. The Hall–Kier alpha value is 1.16. The highest BCUT2D eigenvalue weighted by atomic mass is 35.6. The first-order valence-electron chi connectivity index (χ1n) is 1.07. The molecule has 0 saturated carbocycles. The van der Waals surface area contributed by atoms with Crippen LogP contribution in [0, 0.1) is 5.88 Å². The number of rotatable bonds is 0. The van der Waals surface area contributed by atoms with Crippen LogP contribution >= 0.6 is 46.4 Å². The van der Waals surface area contributed by atoms with Gasteiger partial charge in [0, 0.05) is 0 Å². The molecule has 0 spiro atoms. The number of halogens is 4. The lowest BCUT2D eigenvalue weighted by Crippen LogP contribution is -1.95. The molecule has 6 heavy (non-hydrogen) atoms. The summed E-state index contributed by atoms with van der Waals surface area (Å²) < 4.78 is -1.40. The van der Waals surface area contributed by atoms with E-state index in [0.717, 1.165) is 5.88 Å². The Kier molecular flexibility index (Phi) is 2.94. The SMILES string of the molecule is Cl[CH-]C(Cl)(Cl)Cl. The Morgan fingerprint density at radius 1 is 1.17 bits per heavy atom. The predicted octanol–water partition coefficient (Wildman–Crippen LogP) is 2.76.